The molecule has 9 atom stereocenters. The van der Waals surface area contributed by atoms with Gasteiger partial charge in [-0.05, 0) is 37.3 Å². The van der Waals surface area contributed by atoms with E-state index in [-0.39, 0.29) is 23.5 Å². The number of anilines is 1. The van der Waals surface area contributed by atoms with Crippen molar-refractivity contribution in [2.75, 3.05) is 25.7 Å². The van der Waals surface area contributed by atoms with E-state index in [9.17, 15) is 14.7 Å². The number of piperidine rings is 1. The van der Waals surface area contributed by atoms with Crippen molar-refractivity contribution in [2.24, 2.45) is 11.3 Å². The highest BCUT2D eigenvalue weighted by Crippen LogP contribution is 2.85. The SMILES string of the molecule is COC(=O)N1c2c(OC)cccc2[C@@]23[C@H]4C(=O)C5(O)[C@@H]6O[C@H]4N4CCC[C@]6(CC[C@@]152)[C@H]43. The molecule has 5 aliphatic heterocycles. The smallest absolute Gasteiger partial charge is 0.414 e. The number of carbonyl (C=O) groups excluding carboxylic acids is 2. The number of para-hydroxylation sites is 1. The van der Waals surface area contributed by atoms with Crippen LogP contribution < -0.4 is 9.64 Å². The standard InChI is InChI=1S/C23H24N2O6/c1-29-12-6-3-5-11-14(12)25(19(27)30-2)21-9-8-20-7-4-10-24-16-13(22(11,21)17(20)24)15(26)23(21,28)18(20)31-16/h3,5-6,13,16-18,28H,4,7-10H2,1-2H3/t13-,16+,17-,18+,20-,21-,22-,23?/m0/s1. The molecule has 0 radical (unpaired) electrons. The Morgan fingerprint density at radius 2 is 2.10 bits per heavy atom. The molecule has 3 spiro atoms. The molecule has 2 unspecified atom stereocenters. The van der Waals surface area contributed by atoms with Gasteiger partial charge < -0.3 is 19.3 Å². The molecular formula is C23H24N2O6. The lowest BCUT2D eigenvalue weighted by Gasteiger charge is -2.73. The number of Topliss-reactive ketones (excluding diaryl/α,β-unsaturated/α-hetero) is 1. The first-order valence-corrected chi connectivity index (χ1v) is 11.2. The number of rotatable bonds is 1. The highest BCUT2D eigenvalue weighted by Gasteiger charge is 3.00. The van der Waals surface area contributed by atoms with Crippen molar-refractivity contribution in [1.29, 1.82) is 0 Å². The predicted octanol–water partition coefficient (Wildman–Crippen LogP) is 1.18. The van der Waals surface area contributed by atoms with Gasteiger partial charge in [0.05, 0.1) is 31.2 Å². The first kappa shape index (κ1) is 17.4. The van der Waals surface area contributed by atoms with Gasteiger partial charge in [-0.1, -0.05) is 12.1 Å². The predicted molar refractivity (Wildman–Crippen MR) is 106 cm³/mol. The van der Waals surface area contributed by atoms with Crippen LogP contribution in [0.4, 0.5) is 10.5 Å². The van der Waals surface area contributed by atoms with Crippen molar-refractivity contribution < 1.29 is 28.9 Å². The quantitative estimate of drug-likeness (QED) is 0.724. The minimum Gasteiger partial charge on any atom is -0.495 e. The van der Waals surface area contributed by atoms with Crippen LogP contribution in [0.1, 0.15) is 31.2 Å². The van der Waals surface area contributed by atoms with Crippen LogP contribution in [0.5, 0.6) is 5.75 Å². The Bertz CT molecular complexity index is 1120. The number of benzene rings is 1. The number of carbonyl (C=O) groups is 2. The number of hydrogen-bond acceptors (Lipinski definition) is 7. The molecule has 1 N–H and O–H groups in total. The van der Waals surface area contributed by atoms with Crippen LogP contribution in [-0.4, -0.2) is 72.2 Å². The number of ketones is 1. The molecule has 8 nitrogen and oxygen atoms in total. The summed E-state index contributed by atoms with van der Waals surface area (Å²) in [5.41, 5.74) is -2.28. The first-order valence-electron chi connectivity index (χ1n) is 11.2. The van der Waals surface area contributed by atoms with Crippen molar-refractivity contribution >= 4 is 17.6 Å². The molecule has 4 saturated heterocycles. The van der Waals surface area contributed by atoms with Crippen LogP contribution in [0.3, 0.4) is 0 Å². The summed E-state index contributed by atoms with van der Waals surface area (Å²) in [4.78, 5) is 31.5. The summed E-state index contributed by atoms with van der Waals surface area (Å²) in [7, 11) is 2.94. The lowest BCUT2D eigenvalue weighted by Crippen LogP contribution is -2.89. The molecule has 8 fully saturated rings. The van der Waals surface area contributed by atoms with Gasteiger partial charge in [0.15, 0.2) is 11.4 Å². The van der Waals surface area contributed by atoms with Gasteiger partial charge in [-0.15, -0.1) is 0 Å². The second-order valence-corrected chi connectivity index (χ2v) is 10.4. The van der Waals surface area contributed by atoms with Gasteiger partial charge in [0.25, 0.3) is 0 Å². The zero-order chi connectivity index (χ0) is 21.1. The summed E-state index contributed by atoms with van der Waals surface area (Å²) in [6, 6.07) is 5.85. The zero-order valence-electron chi connectivity index (χ0n) is 17.5. The summed E-state index contributed by atoms with van der Waals surface area (Å²) in [6.45, 7) is 0.876. The van der Waals surface area contributed by atoms with Crippen LogP contribution in [0.15, 0.2) is 18.2 Å². The Morgan fingerprint density at radius 1 is 1.26 bits per heavy atom. The van der Waals surface area contributed by atoms with E-state index in [2.05, 4.69) is 4.90 Å². The molecule has 162 valence electrons. The Labute approximate surface area is 179 Å². The van der Waals surface area contributed by atoms with Gasteiger partial charge in [0, 0.05) is 18.0 Å². The average Bonchev–Trinajstić information content (AvgIpc) is 3.24. The molecule has 5 heterocycles. The monoisotopic (exact) mass is 424 g/mol. The second kappa shape index (κ2) is 4.63. The molecular weight excluding hydrogens is 400 g/mol. The first-order chi connectivity index (χ1) is 15.0. The molecule has 1 aromatic rings. The van der Waals surface area contributed by atoms with E-state index in [1.165, 1.54) is 7.11 Å². The van der Waals surface area contributed by atoms with E-state index in [0.717, 1.165) is 31.4 Å². The van der Waals surface area contributed by atoms with Crippen molar-refractivity contribution in [1.82, 2.24) is 4.90 Å². The number of nitrogens with zero attached hydrogens (tertiary/aromatic N) is 2. The third kappa shape index (κ3) is 1.21. The third-order valence-electron chi connectivity index (χ3n) is 10.2. The van der Waals surface area contributed by atoms with Gasteiger partial charge in [-0.2, -0.15) is 0 Å². The Morgan fingerprint density at radius 3 is 2.87 bits per heavy atom. The molecule has 9 aliphatic rings. The summed E-state index contributed by atoms with van der Waals surface area (Å²) in [5, 5.41) is 12.4. The lowest BCUT2D eigenvalue weighted by atomic mass is 9.39. The number of aliphatic hydroxyl groups is 1. The van der Waals surface area contributed by atoms with E-state index in [1.807, 2.05) is 18.2 Å². The van der Waals surface area contributed by atoms with E-state index in [1.54, 1.807) is 12.0 Å². The van der Waals surface area contributed by atoms with E-state index < -0.39 is 34.7 Å². The Kier molecular flexibility index (Phi) is 2.60. The highest BCUT2D eigenvalue weighted by molar-refractivity contribution is 6.09. The van der Waals surface area contributed by atoms with Crippen molar-refractivity contribution in [2.45, 2.75) is 60.6 Å². The topological polar surface area (TPSA) is 88.5 Å². The summed E-state index contributed by atoms with van der Waals surface area (Å²) in [5.74, 6) is -0.0792. The normalized spacial score (nSPS) is 53.2. The molecule has 4 aliphatic carbocycles. The zero-order valence-corrected chi connectivity index (χ0v) is 17.5. The minimum atomic E-state index is -1.75. The maximum atomic E-state index is 14.1. The maximum Gasteiger partial charge on any atom is 0.414 e. The molecule has 8 heteroatoms. The average molecular weight is 424 g/mol. The molecule has 31 heavy (non-hydrogen) atoms. The summed E-state index contributed by atoms with van der Waals surface area (Å²) < 4.78 is 17.6. The molecule has 10 rings (SSSR count). The fourth-order valence-electron chi connectivity index (χ4n) is 9.89. The highest BCUT2D eigenvalue weighted by atomic mass is 16.6. The Balaban J connectivity index is 1.58. The largest absolute Gasteiger partial charge is 0.495 e. The van der Waals surface area contributed by atoms with E-state index >= 15 is 0 Å². The van der Waals surface area contributed by atoms with Crippen LogP contribution in [0.25, 0.3) is 0 Å². The molecule has 0 aromatic heterocycles. The molecule has 4 saturated carbocycles. The third-order valence-corrected chi connectivity index (χ3v) is 10.2. The number of hydrogen-bond donors (Lipinski definition) is 1. The summed E-state index contributed by atoms with van der Waals surface area (Å²) >= 11 is 0. The number of fused-ring (bicyclic) bond motifs is 2. The number of methoxy groups -OCH3 is 2. The lowest BCUT2D eigenvalue weighted by molar-refractivity contribution is -0.330. The van der Waals surface area contributed by atoms with Crippen LogP contribution >= 0.6 is 0 Å². The maximum absolute atomic E-state index is 14.1. The van der Waals surface area contributed by atoms with Crippen LogP contribution in [0.2, 0.25) is 0 Å². The van der Waals surface area contributed by atoms with Crippen molar-refractivity contribution in [3.05, 3.63) is 23.8 Å². The minimum absolute atomic E-state index is 0.0588. The second-order valence-electron chi connectivity index (χ2n) is 10.4. The molecule has 1 aromatic carbocycles. The fourth-order valence-corrected chi connectivity index (χ4v) is 9.89. The van der Waals surface area contributed by atoms with Crippen LogP contribution in [-0.2, 0) is 19.7 Å². The van der Waals surface area contributed by atoms with Gasteiger partial charge in [0.1, 0.15) is 23.6 Å². The molecule has 1 amide bonds. The summed E-state index contributed by atoms with van der Waals surface area (Å²) in [6.07, 6.45) is 1.85. The van der Waals surface area contributed by atoms with E-state index in [4.69, 9.17) is 14.2 Å². The van der Waals surface area contributed by atoms with Gasteiger partial charge in [-0.25, -0.2) is 4.79 Å². The van der Waals surface area contributed by atoms with Crippen LogP contribution in [0, 0.1) is 11.3 Å². The number of amides is 1. The van der Waals surface area contributed by atoms with Gasteiger partial charge in [0.2, 0.25) is 0 Å². The fraction of sp³-hybridized carbons (Fsp3) is 0.652. The van der Waals surface area contributed by atoms with E-state index in [0.29, 0.717) is 17.9 Å². The van der Waals surface area contributed by atoms with Gasteiger partial charge in [-0.3, -0.25) is 14.6 Å². The number of ether oxygens (including phenoxy) is 3. The van der Waals surface area contributed by atoms with Crippen molar-refractivity contribution in [3.63, 3.8) is 0 Å². The molecule has 9 bridgehead atoms. The van der Waals surface area contributed by atoms with Gasteiger partial charge >= 0.3 is 6.09 Å². The Hall–Kier alpha value is -2.16. The van der Waals surface area contributed by atoms with Crippen molar-refractivity contribution in [3.8, 4) is 5.75 Å².